The Morgan fingerprint density at radius 1 is 0.391 bits per heavy atom. The maximum atomic E-state index is 5.08. The maximum absolute atomic E-state index is 5.08. The van der Waals surface area contributed by atoms with Crippen molar-refractivity contribution in [1.82, 2.24) is 15.0 Å². The summed E-state index contributed by atoms with van der Waals surface area (Å²) >= 11 is 0. The van der Waals surface area contributed by atoms with E-state index in [1.165, 1.54) is 38.8 Å². The highest BCUT2D eigenvalue weighted by Crippen LogP contribution is 2.49. The Balaban J connectivity index is 1.23. The van der Waals surface area contributed by atoms with E-state index >= 15 is 0 Å². The molecule has 0 N–H and O–H groups in total. The van der Waals surface area contributed by atoms with Gasteiger partial charge in [0.1, 0.15) is 7.85 Å². The second kappa shape index (κ2) is 11.1. The number of hydrogen-bond donors (Lipinski definition) is 0. The van der Waals surface area contributed by atoms with Crippen molar-refractivity contribution in [2.75, 3.05) is 0 Å². The molecule has 7 aromatic rings. The highest BCUT2D eigenvalue weighted by molar-refractivity contribution is 6.32. The van der Waals surface area contributed by atoms with E-state index in [-0.39, 0.29) is 5.41 Å². The highest BCUT2D eigenvalue weighted by atomic mass is 15.0. The van der Waals surface area contributed by atoms with Gasteiger partial charge in [0.15, 0.2) is 17.5 Å². The van der Waals surface area contributed by atoms with Crippen LogP contribution in [0.15, 0.2) is 146 Å². The van der Waals surface area contributed by atoms with Crippen molar-refractivity contribution < 1.29 is 0 Å². The van der Waals surface area contributed by atoms with Crippen molar-refractivity contribution in [2.24, 2.45) is 0 Å². The Morgan fingerprint density at radius 2 is 0.804 bits per heavy atom. The monoisotopic (exact) mass is 589 g/mol. The quantitative estimate of drug-likeness (QED) is 0.189. The van der Waals surface area contributed by atoms with Gasteiger partial charge >= 0.3 is 0 Å². The molecule has 46 heavy (non-hydrogen) atoms. The van der Waals surface area contributed by atoms with Crippen molar-refractivity contribution in [3.63, 3.8) is 0 Å². The zero-order chi connectivity index (χ0) is 31.3. The molecule has 218 valence electrons. The van der Waals surface area contributed by atoms with Gasteiger partial charge in [-0.3, -0.25) is 0 Å². The molecule has 0 radical (unpaired) electrons. The van der Waals surface area contributed by atoms with Crippen LogP contribution in [-0.4, -0.2) is 22.8 Å². The molecule has 0 spiro atoms. The summed E-state index contributed by atoms with van der Waals surface area (Å²) in [5.41, 5.74) is 14.0. The number of fused-ring (bicyclic) bond motifs is 3. The molecule has 0 amide bonds. The third-order valence-electron chi connectivity index (χ3n) is 9.26. The first-order valence-electron chi connectivity index (χ1n) is 15.8. The molecule has 1 aliphatic carbocycles. The average molecular weight is 590 g/mol. The molecule has 1 aliphatic rings. The molecule has 0 bridgehead atoms. The molecule has 0 saturated heterocycles. The molecule has 1 aromatic heterocycles. The van der Waals surface area contributed by atoms with Gasteiger partial charge in [-0.2, -0.15) is 0 Å². The smallest absolute Gasteiger partial charge is 0.164 e. The van der Waals surface area contributed by atoms with Crippen LogP contribution in [0.4, 0.5) is 0 Å². The molecule has 4 heteroatoms. The SMILES string of the molecule is Bc1ccc(-c2ccc(-c3nc(-c4ccc(-c5ccccc5)cc4)nc(-c4ccc5c(c4)C(C)(C)c4ccccc4-5)n3)cc2)cc1. The fourth-order valence-corrected chi connectivity index (χ4v) is 6.61. The van der Waals surface area contributed by atoms with Crippen LogP contribution in [0.25, 0.3) is 67.5 Å². The topological polar surface area (TPSA) is 38.7 Å². The molecule has 0 aliphatic heterocycles. The lowest BCUT2D eigenvalue weighted by Crippen LogP contribution is -2.15. The van der Waals surface area contributed by atoms with Crippen molar-refractivity contribution in [3.05, 3.63) is 157 Å². The number of benzene rings is 6. The summed E-state index contributed by atoms with van der Waals surface area (Å²) < 4.78 is 0. The van der Waals surface area contributed by atoms with Gasteiger partial charge in [0.25, 0.3) is 0 Å². The van der Waals surface area contributed by atoms with Crippen molar-refractivity contribution in [3.8, 4) is 67.5 Å². The zero-order valence-electron chi connectivity index (χ0n) is 26.2. The highest BCUT2D eigenvalue weighted by Gasteiger charge is 2.35. The van der Waals surface area contributed by atoms with Crippen LogP contribution < -0.4 is 5.46 Å². The number of aromatic nitrogens is 3. The lowest BCUT2D eigenvalue weighted by atomic mass is 9.82. The first kappa shape index (κ1) is 27.9. The Kier molecular flexibility index (Phi) is 6.72. The van der Waals surface area contributed by atoms with E-state index in [4.69, 9.17) is 15.0 Å². The van der Waals surface area contributed by atoms with E-state index in [0.717, 1.165) is 27.8 Å². The molecule has 0 unspecified atom stereocenters. The van der Waals surface area contributed by atoms with Gasteiger partial charge in [0, 0.05) is 22.1 Å². The standard InChI is InChI=1S/C42H32BN3/c1-42(2)37-11-7-6-10-35(37)36-25-22-33(26-38(36)42)41-45-39(31-16-12-28(13-17-31)27-8-4-3-5-9-27)44-40(46-41)32-18-14-29(15-19-32)30-20-23-34(43)24-21-30/h3-26H,43H2,1-2H3. The summed E-state index contributed by atoms with van der Waals surface area (Å²) in [6, 6.07) is 51.4. The summed E-state index contributed by atoms with van der Waals surface area (Å²) in [7, 11) is 2.11. The van der Waals surface area contributed by atoms with E-state index in [1.54, 1.807) is 0 Å². The maximum Gasteiger partial charge on any atom is 0.164 e. The molecule has 0 fully saturated rings. The molecular formula is C42H32BN3. The minimum atomic E-state index is -0.111. The van der Waals surface area contributed by atoms with Crippen LogP contribution in [0.5, 0.6) is 0 Å². The Hall–Kier alpha value is -5.61. The minimum absolute atomic E-state index is 0.111. The predicted octanol–water partition coefficient (Wildman–Crippen LogP) is 8.77. The van der Waals surface area contributed by atoms with Gasteiger partial charge in [-0.05, 0) is 50.6 Å². The van der Waals surface area contributed by atoms with Crippen LogP contribution in [0.2, 0.25) is 0 Å². The normalized spacial score (nSPS) is 12.8. The fourth-order valence-electron chi connectivity index (χ4n) is 6.61. The van der Waals surface area contributed by atoms with Gasteiger partial charge in [-0.25, -0.2) is 15.0 Å². The molecule has 6 aromatic carbocycles. The summed E-state index contributed by atoms with van der Waals surface area (Å²) in [6.07, 6.45) is 0. The molecule has 8 rings (SSSR count). The molecule has 3 nitrogen and oxygen atoms in total. The van der Waals surface area contributed by atoms with Gasteiger partial charge < -0.3 is 0 Å². The molecule has 0 atom stereocenters. The first-order chi connectivity index (χ1) is 22.4. The molecule has 1 heterocycles. The fraction of sp³-hybridized carbons (Fsp3) is 0.0714. The van der Waals surface area contributed by atoms with Crippen molar-refractivity contribution in [2.45, 2.75) is 19.3 Å². The van der Waals surface area contributed by atoms with E-state index in [0.29, 0.717) is 17.5 Å². The lowest BCUT2D eigenvalue weighted by molar-refractivity contribution is 0.660. The number of rotatable bonds is 5. The lowest BCUT2D eigenvalue weighted by Gasteiger charge is -2.21. The van der Waals surface area contributed by atoms with E-state index in [9.17, 15) is 0 Å². The van der Waals surface area contributed by atoms with Crippen LogP contribution in [0, 0.1) is 0 Å². The van der Waals surface area contributed by atoms with Crippen molar-refractivity contribution in [1.29, 1.82) is 0 Å². The Bertz CT molecular complexity index is 2200. The van der Waals surface area contributed by atoms with E-state index < -0.39 is 0 Å². The predicted molar refractivity (Wildman–Crippen MR) is 193 cm³/mol. The van der Waals surface area contributed by atoms with Crippen LogP contribution in [-0.2, 0) is 5.41 Å². The summed E-state index contributed by atoms with van der Waals surface area (Å²) in [5, 5.41) is 0. The third-order valence-corrected chi connectivity index (χ3v) is 9.26. The summed E-state index contributed by atoms with van der Waals surface area (Å²) in [4.78, 5) is 15.2. The minimum Gasteiger partial charge on any atom is -0.208 e. The molecular weight excluding hydrogens is 557 g/mol. The largest absolute Gasteiger partial charge is 0.208 e. The van der Waals surface area contributed by atoms with E-state index in [1.807, 2.05) is 6.07 Å². The third kappa shape index (κ3) is 4.93. The number of hydrogen-bond acceptors (Lipinski definition) is 3. The van der Waals surface area contributed by atoms with Crippen LogP contribution in [0.1, 0.15) is 25.0 Å². The van der Waals surface area contributed by atoms with Crippen molar-refractivity contribution >= 4 is 13.3 Å². The average Bonchev–Trinajstić information content (AvgIpc) is 3.34. The second-order valence-corrected chi connectivity index (χ2v) is 12.6. The van der Waals surface area contributed by atoms with Crippen LogP contribution in [0.3, 0.4) is 0 Å². The Morgan fingerprint density at radius 3 is 1.39 bits per heavy atom. The van der Waals surface area contributed by atoms with Gasteiger partial charge in [-0.1, -0.05) is 159 Å². The van der Waals surface area contributed by atoms with Crippen LogP contribution >= 0.6 is 0 Å². The first-order valence-corrected chi connectivity index (χ1v) is 15.8. The molecule has 0 saturated carbocycles. The van der Waals surface area contributed by atoms with Gasteiger partial charge in [0.2, 0.25) is 0 Å². The van der Waals surface area contributed by atoms with Gasteiger partial charge in [0.05, 0.1) is 0 Å². The summed E-state index contributed by atoms with van der Waals surface area (Å²) in [5.74, 6) is 1.99. The summed E-state index contributed by atoms with van der Waals surface area (Å²) in [6.45, 7) is 4.60. The zero-order valence-corrected chi connectivity index (χ0v) is 26.2. The number of nitrogens with zero attached hydrogens (tertiary/aromatic N) is 3. The second-order valence-electron chi connectivity index (χ2n) is 12.6. The van der Waals surface area contributed by atoms with Gasteiger partial charge in [-0.15, -0.1) is 0 Å². The van der Waals surface area contributed by atoms with E-state index in [2.05, 4.69) is 161 Å². The Labute approximate surface area is 271 Å².